The molecule has 1 aliphatic rings. The van der Waals surface area contributed by atoms with E-state index in [0.717, 1.165) is 29.5 Å². The molecule has 6 heteroatoms. The van der Waals surface area contributed by atoms with E-state index in [-0.39, 0.29) is 11.9 Å². The van der Waals surface area contributed by atoms with Gasteiger partial charge in [0.15, 0.2) is 5.16 Å². The van der Waals surface area contributed by atoms with Crippen LogP contribution in [0.5, 0.6) is 0 Å². The van der Waals surface area contributed by atoms with Crippen LogP contribution in [0.2, 0.25) is 0 Å². The van der Waals surface area contributed by atoms with Gasteiger partial charge in [0, 0.05) is 17.6 Å². The summed E-state index contributed by atoms with van der Waals surface area (Å²) in [5.74, 6) is 1.94. The maximum atomic E-state index is 12.1. The Balaban J connectivity index is 1.71. The fourth-order valence-corrected chi connectivity index (χ4v) is 3.52. The lowest BCUT2D eigenvalue weighted by atomic mass is 10.2. The highest BCUT2D eigenvalue weighted by atomic mass is 32.2. The molecule has 1 N–H and O–H groups in total. The average molecular weight is 344 g/mol. The summed E-state index contributed by atoms with van der Waals surface area (Å²) in [5, 5.41) is 12.5. The number of carbonyl (C=O) groups excluding carboxylic acids is 1. The third-order valence-corrected chi connectivity index (χ3v) is 5.01. The van der Waals surface area contributed by atoms with Crippen molar-refractivity contribution in [3.63, 3.8) is 0 Å². The number of amides is 1. The Kier molecular flexibility index (Phi) is 5.56. The average Bonchev–Trinajstić information content (AvgIpc) is 3.33. The molecule has 1 saturated carbocycles. The second-order valence-electron chi connectivity index (χ2n) is 6.33. The summed E-state index contributed by atoms with van der Waals surface area (Å²) in [4.78, 5) is 12.1. The van der Waals surface area contributed by atoms with Gasteiger partial charge in [-0.1, -0.05) is 43.3 Å². The Morgan fingerprint density at radius 2 is 2.08 bits per heavy atom. The van der Waals surface area contributed by atoms with E-state index in [1.54, 1.807) is 0 Å². The number of nitrogens with zero attached hydrogens (tertiary/aromatic N) is 3. The quantitative estimate of drug-likeness (QED) is 0.744. The van der Waals surface area contributed by atoms with Crippen LogP contribution in [0.1, 0.15) is 51.3 Å². The van der Waals surface area contributed by atoms with Gasteiger partial charge in [-0.2, -0.15) is 0 Å². The molecule has 0 radical (unpaired) electrons. The largest absolute Gasteiger partial charge is 0.353 e. The van der Waals surface area contributed by atoms with Gasteiger partial charge in [0.05, 0.1) is 5.75 Å². The third-order valence-electron chi connectivity index (χ3n) is 4.08. The van der Waals surface area contributed by atoms with Gasteiger partial charge in [0.25, 0.3) is 0 Å². The highest BCUT2D eigenvalue weighted by Crippen LogP contribution is 2.41. The molecule has 0 bridgehead atoms. The predicted molar refractivity (Wildman–Crippen MR) is 96.6 cm³/mol. The maximum absolute atomic E-state index is 12.1. The summed E-state index contributed by atoms with van der Waals surface area (Å²) in [7, 11) is 0. The van der Waals surface area contributed by atoms with Gasteiger partial charge < -0.3 is 5.32 Å². The lowest BCUT2D eigenvalue weighted by Crippen LogP contribution is -2.33. The monoisotopic (exact) mass is 344 g/mol. The second kappa shape index (κ2) is 7.83. The highest BCUT2D eigenvalue weighted by molar-refractivity contribution is 7.99. The number of nitrogens with one attached hydrogen (secondary N) is 1. The van der Waals surface area contributed by atoms with Gasteiger partial charge >= 0.3 is 0 Å². The van der Waals surface area contributed by atoms with Crippen molar-refractivity contribution in [2.45, 2.75) is 56.6 Å². The van der Waals surface area contributed by atoms with Crippen LogP contribution in [0, 0.1) is 0 Å². The highest BCUT2D eigenvalue weighted by Gasteiger charge is 2.31. The molecule has 1 unspecified atom stereocenters. The van der Waals surface area contributed by atoms with Crippen molar-refractivity contribution in [3.05, 3.63) is 36.2 Å². The molecule has 1 aromatic heterocycles. The summed E-state index contributed by atoms with van der Waals surface area (Å²) in [5.41, 5.74) is 1.06. The summed E-state index contributed by atoms with van der Waals surface area (Å²) >= 11 is 1.45. The van der Waals surface area contributed by atoms with Crippen LogP contribution >= 0.6 is 11.8 Å². The topological polar surface area (TPSA) is 59.8 Å². The molecule has 1 aromatic carbocycles. The minimum atomic E-state index is 0.0523. The standard InChI is InChI=1S/C18H24N4OS/c1-3-7-13(2)19-16(23)12-24-18-21-20-17(14-10-11-14)22(18)15-8-5-4-6-9-15/h4-6,8-9,13-14H,3,7,10-12H2,1-2H3,(H,19,23). The number of aromatic nitrogens is 3. The molecule has 24 heavy (non-hydrogen) atoms. The van der Waals surface area contributed by atoms with E-state index in [0.29, 0.717) is 11.7 Å². The Morgan fingerprint density at radius 1 is 1.33 bits per heavy atom. The second-order valence-corrected chi connectivity index (χ2v) is 7.27. The van der Waals surface area contributed by atoms with Gasteiger partial charge in [-0.3, -0.25) is 9.36 Å². The Labute approximate surface area is 147 Å². The number of carbonyl (C=O) groups is 1. The Bertz CT molecular complexity index is 682. The van der Waals surface area contributed by atoms with E-state index in [4.69, 9.17) is 0 Å². The van der Waals surface area contributed by atoms with E-state index in [1.807, 2.05) is 25.1 Å². The van der Waals surface area contributed by atoms with Gasteiger partial charge in [0.2, 0.25) is 5.91 Å². The third kappa shape index (κ3) is 4.17. The van der Waals surface area contributed by atoms with Gasteiger partial charge in [-0.15, -0.1) is 10.2 Å². The first-order chi connectivity index (χ1) is 11.7. The van der Waals surface area contributed by atoms with Gasteiger partial charge in [-0.05, 0) is 38.3 Å². The lowest BCUT2D eigenvalue weighted by molar-refractivity contribution is -0.119. The normalized spacial score (nSPS) is 15.2. The van der Waals surface area contributed by atoms with E-state index in [9.17, 15) is 4.79 Å². The number of benzene rings is 1. The smallest absolute Gasteiger partial charge is 0.230 e. The molecule has 2 aromatic rings. The van der Waals surface area contributed by atoms with Crippen molar-refractivity contribution in [1.82, 2.24) is 20.1 Å². The van der Waals surface area contributed by atoms with Crippen LogP contribution < -0.4 is 5.32 Å². The lowest BCUT2D eigenvalue weighted by Gasteiger charge is -2.13. The molecule has 128 valence electrons. The van der Waals surface area contributed by atoms with E-state index >= 15 is 0 Å². The van der Waals surface area contributed by atoms with Crippen molar-refractivity contribution in [1.29, 1.82) is 0 Å². The van der Waals surface area contributed by atoms with Crippen molar-refractivity contribution in [3.8, 4) is 5.69 Å². The number of hydrogen-bond acceptors (Lipinski definition) is 4. The number of rotatable bonds is 8. The zero-order chi connectivity index (χ0) is 16.9. The molecule has 0 aliphatic heterocycles. The minimum absolute atomic E-state index is 0.0523. The van der Waals surface area contributed by atoms with Crippen LogP contribution in [0.15, 0.2) is 35.5 Å². The maximum Gasteiger partial charge on any atom is 0.230 e. The molecule has 1 fully saturated rings. The summed E-state index contributed by atoms with van der Waals surface area (Å²) < 4.78 is 2.10. The molecule has 0 spiro atoms. The molecular formula is C18H24N4OS. The van der Waals surface area contributed by atoms with Crippen molar-refractivity contribution < 1.29 is 4.79 Å². The summed E-state index contributed by atoms with van der Waals surface area (Å²) in [6, 6.07) is 10.4. The molecule has 5 nitrogen and oxygen atoms in total. The van der Waals surface area contributed by atoms with Crippen molar-refractivity contribution in [2.24, 2.45) is 0 Å². The molecule has 3 rings (SSSR count). The van der Waals surface area contributed by atoms with Crippen LogP contribution in [-0.2, 0) is 4.79 Å². The minimum Gasteiger partial charge on any atom is -0.353 e. The Hall–Kier alpha value is -1.82. The predicted octanol–water partition coefficient (Wildman–Crippen LogP) is 3.54. The first-order valence-corrected chi connectivity index (χ1v) is 9.60. The first kappa shape index (κ1) is 17.0. The number of hydrogen-bond donors (Lipinski definition) is 1. The Morgan fingerprint density at radius 3 is 2.75 bits per heavy atom. The zero-order valence-corrected chi connectivity index (χ0v) is 15.1. The molecule has 1 heterocycles. The van der Waals surface area contributed by atoms with Gasteiger partial charge in [-0.25, -0.2) is 0 Å². The molecule has 0 saturated heterocycles. The SMILES string of the molecule is CCCC(C)NC(=O)CSc1nnc(C2CC2)n1-c1ccccc1. The van der Waals surface area contributed by atoms with Crippen LogP contribution in [0.25, 0.3) is 5.69 Å². The first-order valence-electron chi connectivity index (χ1n) is 8.62. The summed E-state index contributed by atoms with van der Waals surface area (Å²) in [6.07, 6.45) is 4.42. The van der Waals surface area contributed by atoms with Crippen molar-refractivity contribution in [2.75, 3.05) is 5.75 Å². The number of para-hydroxylation sites is 1. The number of thioether (sulfide) groups is 1. The van der Waals surface area contributed by atoms with E-state index in [2.05, 4.69) is 39.1 Å². The van der Waals surface area contributed by atoms with Crippen LogP contribution in [0.4, 0.5) is 0 Å². The van der Waals surface area contributed by atoms with Crippen molar-refractivity contribution >= 4 is 17.7 Å². The fraction of sp³-hybridized carbons (Fsp3) is 0.500. The van der Waals surface area contributed by atoms with E-state index < -0.39 is 0 Å². The van der Waals surface area contributed by atoms with Crippen LogP contribution in [-0.4, -0.2) is 32.5 Å². The fourth-order valence-electron chi connectivity index (χ4n) is 2.75. The zero-order valence-electron chi connectivity index (χ0n) is 14.2. The molecule has 1 aliphatic carbocycles. The van der Waals surface area contributed by atoms with E-state index in [1.165, 1.54) is 24.6 Å². The van der Waals surface area contributed by atoms with Crippen LogP contribution in [0.3, 0.4) is 0 Å². The molecule has 1 atom stereocenters. The van der Waals surface area contributed by atoms with Gasteiger partial charge in [0.1, 0.15) is 5.82 Å². The molecular weight excluding hydrogens is 320 g/mol. The molecule has 1 amide bonds. The summed E-state index contributed by atoms with van der Waals surface area (Å²) in [6.45, 7) is 4.17.